The molecular weight excluding hydrogens is 402 g/mol. The number of aliphatic imine (C=N–C) groups is 1. The van der Waals surface area contributed by atoms with Gasteiger partial charge in [-0.15, -0.1) is 5.10 Å². The zero-order valence-electron chi connectivity index (χ0n) is 19.0. The van der Waals surface area contributed by atoms with Crippen molar-refractivity contribution in [1.82, 2.24) is 19.6 Å². The third-order valence-corrected chi connectivity index (χ3v) is 4.87. The Morgan fingerprint density at radius 2 is 1.94 bits per heavy atom. The van der Waals surface area contributed by atoms with Crippen LogP contribution in [0.1, 0.15) is 26.3 Å². The lowest BCUT2D eigenvalue weighted by molar-refractivity contribution is 0.238. The molecule has 2 heterocycles. The maximum Gasteiger partial charge on any atom is 0.270 e. The van der Waals surface area contributed by atoms with E-state index < -0.39 is 0 Å². The topological polar surface area (TPSA) is 73.9 Å². The van der Waals surface area contributed by atoms with E-state index in [0.29, 0.717) is 22.9 Å². The summed E-state index contributed by atoms with van der Waals surface area (Å²) in [6.07, 6.45) is 11.1. The minimum absolute atomic E-state index is 0.270. The van der Waals surface area contributed by atoms with Crippen molar-refractivity contribution in [2.75, 3.05) is 14.2 Å². The lowest BCUT2D eigenvalue weighted by Crippen LogP contribution is -2.05. The van der Waals surface area contributed by atoms with Crippen LogP contribution in [0.25, 0.3) is 22.5 Å². The molecule has 0 aliphatic heterocycles. The summed E-state index contributed by atoms with van der Waals surface area (Å²) in [5.41, 5.74) is 4.97. The lowest BCUT2D eigenvalue weighted by Gasteiger charge is -2.09. The second-order valence-electron chi connectivity index (χ2n) is 6.87. The van der Waals surface area contributed by atoms with Gasteiger partial charge in [0.25, 0.3) is 5.95 Å². The summed E-state index contributed by atoms with van der Waals surface area (Å²) in [6, 6.07) is 8.11. The number of methoxy groups -OCH3 is 2. The van der Waals surface area contributed by atoms with Crippen LogP contribution in [0.4, 0.5) is 5.95 Å². The van der Waals surface area contributed by atoms with Crippen LogP contribution in [0.3, 0.4) is 0 Å². The van der Waals surface area contributed by atoms with Gasteiger partial charge in [-0.3, -0.25) is 4.98 Å². The highest BCUT2D eigenvalue weighted by atomic mass is 16.5. The van der Waals surface area contributed by atoms with Gasteiger partial charge in [0.15, 0.2) is 11.4 Å². The number of benzene rings is 1. The fourth-order valence-corrected chi connectivity index (χ4v) is 3.23. The SMILES string of the molecule is C=CC(=Nc1nc2c(-c3ccccc3/C(C)=C/C=CC)nccn2n1)/C(OC)=C(\C)OC. The fourth-order valence-electron chi connectivity index (χ4n) is 3.23. The van der Waals surface area contributed by atoms with Gasteiger partial charge in [-0.25, -0.2) is 9.51 Å². The average Bonchev–Trinajstić information content (AvgIpc) is 3.24. The molecule has 7 nitrogen and oxygen atoms in total. The van der Waals surface area contributed by atoms with Gasteiger partial charge in [0, 0.05) is 18.0 Å². The summed E-state index contributed by atoms with van der Waals surface area (Å²) < 4.78 is 12.4. The molecule has 0 spiro atoms. The van der Waals surface area contributed by atoms with Crippen molar-refractivity contribution in [3.05, 3.63) is 84.6 Å². The van der Waals surface area contributed by atoms with Crippen molar-refractivity contribution in [3.8, 4) is 11.3 Å². The Balaban J connectivity index is 2.17. The van der Waals surface area contributed by atoms with Crippen molar-refractivity contribution in [3.63, 3.8) is 0 Å². The third kappa shape index (κ3) is 4.67. The zero-order chi connectivity index (χ0) is 23.1. The summed E-state index contributed by atoms with van der Waals surface area (Å²) in [5, 5.41) is 4.50. The molecule has 0 aliphatic rings. The minimum Gasteiger partial charge on any atom is -0.497 e. The van der Waals surface area contributed by atoms with Gasteiger partial charge in [-0.1, -0.05) is 49.1 Å². The third-order valence-electron chi connectivity index (χ3n) is 4.87. The van der Waals surface area contributed by atoms with Gasteiger partial charge >= 0.3 is 0 Å². The van der Waals surface area contributed by atoms with E-state index in [4.69, 9.17) is 9.47 Å². The Labute approximate surface area is 188 Å². The van der Waals surface area contributed by atoms with E-state index in [1.807, 2.05) is 37.3 Å². The van der Waals surface area contributed by atoms with Gasteiger partial charge < -0.3 is 9.47 Å². The molecule has 0 amide bonds. The largest absolute Gasteiger partial charge is 0.497 e. The molecule has 0 radical (unpaired) electrons. The minimum atomic E-state index is 0.270. The Morgan fingerprint density at radius 1 is 1.16 bits per heavy atom. The molecule has 0 aliphatic carbocycles. The first-order valence-electron chi connectivity index (χ1n) is 10.1. The van der Waals surface area contributed by atoms with Crippen molar-refractivity contribution >= 4 is 22.9 Å². The van der Waals surface area contributed by atoms with Crippen LogP contribution in [0.5, 0.6) is 0 Å². The van der Waals surface area contributed by atoms with Crippen molar-refractivity contribution < 1.29 is 9.47 Å². The first-order chi connectivity index (χ1) is 15.5. The second-order valence-corrected chi connectivity index (χ2v) is 6.87. The number of hydrogen-bond donors (Lipinski definition) is 0. The van der Waals surface area contributed by atoms with Crippen LogP contribution in [-0.4, -0.2) is 39.5 Å². The van der Waals surface area contributed by atoms with Crippen molar-refractivity contribution in [1.29, 1.82) is 0 Å². The van der Waals surface area contributed by atoms with E-state index in [1.54, 1.807) is 44.1 Å². The summed E-state index contributed by atoms with van der Waals surface area (Å²) in [7, 11) is 3.12. The summed E-state index contributed by atoms with van der Waals surface area (Å²) in [5.74, 6) is 1.32. The molecule has 7 heteroatoms. The highest BCUT2D eigenvalue weighted by Gasteiger charge is 2.16. The van der Waals surface area contributed by atoms with Crippen LogP contribution in [-0.2, 0) is 9.47 Å². The van der Waals surface area contributed by atoms with E-state index in [0.717, 1.165) is 22.4 Å². The van der Waals surface area contributed by atoms with E-state index in [1.165, 1.54) is 0 Å². The first-order valence-corrected chi connectivity index (χ1v) is 10.1. The van der Waals surface area contributed by atoms with Crippen LogP contribution < -0.4 is 0 Å². The molecule has 3 rings (SSSR count). The maximum atomic E-state index is 5.44. The molecule has 164 valence electrons. The average molecular weight is 430 g/mol. The Morgan fingerprint density at radius 3 is 2.62 bits per heavy atom. The number of hydrogen-bond acceptors (Lipinski definition) is 6. The quantitative estimate of drug-likeness (QED) is 0.266. The maximum absolute atomic E-state index is 5.44. The summed E-state index contributed by atoms with van der Waals surface area (Å²) in [6.45, 7) is 9.69. The number of fused-ring (bicyclic) bond motifs is 1. The molecule has 32 heavy (non-hydrogen) atoms. The van der Waals surface area contributed by atoms with Crippen molar-refractivity contribution in [2.45, 2.75) is 20.8 Å². The molecule has 0 saturated heterocycles. The normalized spacial score (nSPS) is 13.4. The van der Waals surface area contributed by atoms with Gasteiger partial charge in [0.05, 0.1) is 14.2 Å². The number of ether oxygens (including phenoxy) is 2. The first kappa shape index (κ1) is 22.7. The second kappa shape index (κ2) is 10.3. The summed E-state index contributed by atoms with van der Waals surface area (Å²) in [4.78, 5) is 13.8. The van der Waals surface area contributed by atoms with Gasteiger partial charge in [0.1, 0.15) is 17.2 Å². The Hall–Kier alpha value is -4.00. The van der Waals surface area contributed by atoms with Gasteiger partial charge in [0.2, 0.25) is 0 Å². The molecule has 3 aromatic rings. The van der Waals surface area contributed by atoms with Crippen LogP contribution in [0.2, 0.25) is 0 Å². The number of allylic oxidation sites excluding steroid dienone is 6. The predicted octanol–water partition coefficient (Wildman–Crippen LogP) is 5.55. The summed E-state index contributed by atoms with van der Waals surface area (Å²) >= 11 is 0. The lowest BCUT2D eigenvalue weighted by atomic mass is 9.98. The molecule has 0 saturated carbocycles. The van der Waals surface area contributed by atoms with Crippen LogP contribution in [0, 0.1) is 0 Å². The van der Waals surface area contributed by atoms with Gasteiger partial charge in [-0.05, 0) is 38.0 Å². The van der Waals surface area contributed by atoms with E-state index in [-0.39, 0.29) is 5.95 Å². The monoisotopic (exact) mass is 429 g/mol. The Kier molecular flexibility index (Phi) is 7.33. The molecule has 0 fully saturated rings. The fraction of sp³-hybridized carbons (Fsp3) is 0.200. The predicted molar refractivity (Wildman–Crippen MR) is 129 cm³/mol. The van der Waals surface area contributed by atoms with Crippen LogP contribution in [0.15, 0.2) is 84.1 Å². The molecular formula is C25H27N5O2. The van der Waals surface area contributed by atoms with E-state index in [9.17, 15) is 0 Å². The molecule has 0 unspecified atom stereocenters. The number of rotatable bonds is 8. The smallest absolute Gasteiger partial charge is 0.270 e. The molecule has 0 atom stereocenters. The molecule has 0 N–H and O–H groups in total. The van der Waals surface area contributed by atoms with Crippen molar-refractivity contribution in [2.24, 2.45) is 4.99 Å². The zero-order valence-corrected chi connectivity index (χ0v) is 19.0. The van der Waals surface area contributed by atoms with Crippen LogP contribution >= 0.6 is 0 Å². The highest BCUT2D eigenvalue weighted by Crippen LogP contribution is 2.30. The van der Waals surface area contributed by atoms with Gasteiger partial charge in [-0.2, -0.15) is 4.98 Å². The molecule has 1 aromatic carbocycles. The molecule has 2 aromatic heterocycles. The standard InChI is InChI=1S/C25H27N5O2/c1-7-9-12-17(3)19-13-10-11-14-20(19)22-24-28-25(29-30(24)16-15-26-22)27-21(8-2)23(32-6)18(4)31-5/h7-16H,2H2,1,3-6H3/b9-7?,17-12+,23-18-,27-21?. The number of nitrogens with zero attached hydrogens (tertiary/aromatic N) is 5. The van der Waals surface area contributed by atoms with E-state index >= 15 is 0 Å². The number of aromatic nitrogens is 4. The molecule has 0 bridgehead atoms. The Bertz CT molecular complexity index is 1250. The highest BCUT2D eigenvalue weighted by molar-refractivity contribution is 6.07. The van der Waals surface area contributed by atoms with E-state index in [2.05, 4.69) is 45.7 Å².